The molecule has 0 bridgehead atoms. The van der Waals surface area contributed by atoms with Crippen LogP contribution in [0.15, 0.2) is 24.3 Å². The summed E-state index contributed by atoms with van der Waals surface area (Å²) in [7, 11) is 1.78. The zero-order chi connectivity index (χ0) is 15.3. The minimum atomic E-state index is 0.161. The molecule has 1 aliphatic rings. The second-order valence-corrected chi connectivity index (χ2v) is 7.12. The van der Waals surface area contributed by atoms with Crippen LogP contribution in [0.3, 0.4) is 0 Å². The summed E-state index contributed by atoms with van der Waals surface area (Å²) in [6.45, 7) is 10.4. The van der Waals surface area contributed by atoms with Crippen LogP contribution < -0.4 is 5.32 Å². The lowest BCUT2D eigenvalue weighted by atomic mass is 10.1. The van der Waals surface area contributed by atoms with Crippen molar-refractivity contribution in [3.8, 4) is 0 Å². The average Bonchev–Trinajstić information content (AvgIpc) is 3.25. The van der Waals surface area contributed by atoms with Gasteiger partial charge in [-0.1, -0.05) is 24.3 Å². The van der Waals surface area contributed by atoms with E-state index in [-0.39, 0.29) is 5.54 Å². The molecule has 0 radical (unpaired) electrons. The summed E-state index contributed by atoms with van der Waals surface area (Å²) in [5.41, 5.74) is 2.94. The zero-order valence-electron chi connectivity index (χ0n) is 14.0. The quantitative estimate of drug-likeness (QED) is 0.796. The molecule has 0 aromatic heterocycles. The highest BCUT2D eigenvalue weighted by molar-refractivity contribution is 5.23. The van der Waals surface area contributed by atoms with Crippen molar-refractivity contribution in [3.63, 3.8) is 0 Å². The lowest BCUT2D eigenvalue weighted by Crippen LogP contribution is -2.35. The molecule has 0 spiro atoms. The van der Waals surface area contributed by atoms with Gasteiger partial charge in [0.25, 0.3) is 0 Å². The fourth-order valence-corrected chi connectivity index (χ4v) is 2.48. The molecule has 3 nitrogen and oxygen atoms in total. The molecule has 0 unspecified atom stereocenters. The maximum atomic E-state index is 5.24. The number of nitrogens with one attached hydrogen (secondary N) is 1. The summed E-state index contributed by atoms with van der Waals surface area (Å²) in [6, 6.07) is 9.73. The fraction of sp³-hybridized carbons (Fsp3) is 0.667. The van der Waals surface area contributed by atoms with Gasteiger partial charge in [0.1, 0.15) is 0 Å². The third-order valence-electron chi connectivity index (χ3n) is 3.85. The van der Waals surface area contributed by atoms with Gasteiger partial charge in [-0.05, 0) is 44.7 Å². The number of nitrogens with zero attached hydrogens (tertiary/aromatic N) is 1. The van der Waals surface area contributed by atoms with E-state index < -0.39 is 0 Å². The van der Waals surface area contributed by atoms with Crippen LogP contribution in [0.1, 0.15) is 44.7 Å². The second kappa shape index (κ2) is 7.39. The van der Waals surface area contributed by atoms with Crippen molar-refractivity contribution in [2.24, 2.45) is 0 Å². The molecule has 1 aromatic rings. The summed E-state index contributed by atoms with van der Waals surface area (Å²) in [5.74, 6) is 0. The van der Waals surface area contributed by atoms with Gasteiger partial charge in [-0.25, -0.2) is 0 Å². The lowest BCUT2D eigenvalue weighted by molar-refractivity contribution is 0.139. The van der Waals surface area contributed by atoms with Crippen LogP contribution >= 0.6 is 0 Å². The number of benzene rings is 1. The standard InChI is InChI=1S/C18H30N2O/c1-18(2,3)19-13-15-6-5-7-16(12-15)14-20(10-11-21-4)17-8-9-17/h5-7,12,17,19H,8-11,13-14H2,1-4H3. The van der Waals surface area contributed by atoms with E-state index in [4.69, 9.17) is 4.74 Å². The normalized spacial score (nSPS) is 15.7. The number of hydrogen-bond donors (Lipinski definition) is 1. The van der Waals surface area contributed by atoms with E-state index in [0.29, 0.717) is 0 Å². The van der Waals surface area contributed by atoms with Crippen molar-refractivity contribution < 1.29 is 4.74 Å². The molecular formula is C18H30N2O. The first kappa shape index (κ1) is 16.5. The van der Waals surface area contributed by atoms with Crippen LogP contribution in [0.5, 0.6) is 0 Å². The topological polar surface area (TPSA) is 24.5 Å². The number of ether oxygens (including phenoxy) is 1. The Labute approximate surface area is 129 Å². The van der Waals surface area contributed by atoms with Crippen LogP contribution in [0, 0.1) is 0 Å². The van der Waals surface area contributed by atoms with Crippen molar-refractivity contribution in [1.29, 1.82) is 0 Å². The minimum Gasteiger partial charge on any atom is -0.383 e. The SMILES string of the molecule is COCCN(Cc1cccc(CNC(C)(C)C)c1)C1CC1. The van der Waals surface area contributed by atoms with Crippen molar-refractivity contribution >= 4 is 0 Å². The molecule has 1 N–H and O–H groups in total. The fourth-order valence-electron chi connectivity index (χ4n) is 2.48. The Bertz CT molecular complexity index is 435. The third kappa shape index (κ3) is 6.16. The molecule has 3 heteroatoms. The van der Waals surface area contributed by atoms with Crippen molar-refractivity contribution in [1.82, 2.24) is 10.2 Å². The van der Waals surface area contributed by atoms with Gasteiger partial charge < -0.3 is 10.1 Å². The molecule has 2 rings (SSSR count). The third-order valence-corrected chi connectivity index (χ3v) is 3.85. The van der Waals surface area contributed by atoms with Gasteiger partial charge in [0.15, 0.2) is 0 Å². The highest BCUT2D eigenvalue weighted by Crippen LogP contribution is 2.28. The molecule has 1 aliphatic carbocycles. The molecule has 0 heterocycles. The zero-order valence-corrected chi connectivity index (χ0v) is 14.0. The molecule has 118 valence electrons. The van der Waals surface area contributed by atoms with Gasteiger partial charge in [-0.15, -0.1) is 0 Å². The summed E-state index contributed by atoms with van der Waals surface area (Å²) >= 11 is 0. The molecule has 0 amide bonds. The van der Waals surface area contributed by atoms with Gasteiger partial charge in [-0.3, -0.25) is 4.90 Å². The molecule has 0 atom stereocenters. The molecule has 0 saturated heterocycles. The Morgan fingerprint density at radius 2 is 1.95 bits per heavy atom. The predicted octanol–water partition coefficient (Wildman–Crippen LogP) is 3.19. The first-order valence-corrected chi connectivity index (χ1v) is 8.04. The number of methoxy groups -OCH3 is 1. The van der Waals surface area contributed by atoms with Gasteiger partial charge in [0.2, 0.25) is 0 Å². The van der Waals surface area contributed by atoms with E-state index in [2.05, 4.69) is 55.3 Å². The van der Waals surface area contributed by atoms with Gasteiger partial charge in [0.05, 0.1) is 6.61 Å². The van der Waals surface area contributed by atoms with E-state index >= 15 is 0 Å². The van der Waals surface area contributed by atoms with E-state index in [1.54, 1.807) is 7.11 Å². The number of rotatable bonds is 8. The van der Waals surface area contributed by atoms with Gasteiger partial charge in [-0.2, -0.15) is 0 Å². The van der Waals surface area contributed by atoms with Crippen LogP contribution in [-0.2, 0) is 17.8 Å². The van der Waals surface area contributed by atoms with E-state index in [9.17, 15) is 0 Å². The lowest BCUT2D eigenvalue weighted by Gasteiger charge is -2.23. The predicted molar refractivity (Wildman–Crippen MR) is 88.3 cm³/mol. The van der Waals surface area contributed by atoms with Crippen LogP contribution in [0.2, 0.25) is 0 Å². The highest BCUT2D eigenvalue weighted by atomic mass is 16.5. The van der Waals surface area contributed by atoms with E-state index in [1.807, 2.05) is 0 Å². The van der Waals surface area contributed by atoms with Crippen LogP contribution in [-0.4, -0.2) is 36.7 Å². The Balaban J connectivity index is 1.92. The van der Waals surface area contributed by atoms with Crippen molar-refractivity contribution in [2.45, 2.75) is 58.3 Å². The first-order valence-electron chi connectivity index (χ1n) is 8.04. The molecule has 21 heavy (non-hydrogen) atoms. The Morgan fingerprint density at radius 3 is 2.57 bits per heavy atom. The van der Waals surface area contributed by atoms with Gasteiger partial charge in [0, 0.05) is 38.3 Å². The Morgan fingerprint density at radius 1 is 1.24 bits per heavy atom. The largest absolute Gasteiger partial charge is 0.383 e. The van der Waals surface area contributed by atoms with E-state index in [1.165, 1.54) is 24.0 Å². The monoisotopic (exact) mass is 290 g/mol. The molecule has 1 saturated carbocycles. The van der Waals surface area contributed by atoms with E-state index in [0.717, 1.165) is 32.3 Å². The van der Waals surface area contributed by atoms with Crippen LogP contribution in [0.4, 0.5) is 0 Å². The summed E-state index contributed by atoms with van der Waals surface area (Å²) in [6.07, 6.45) is 2.68. The molecular weight excluding hydrogens is 260 g/mol. The average molecular weight is 290 g/mol. The molecule has 1 aromatic carbocycles. The summed E-state index contributed by atoms with van der Waals surface area (Å²) in [5, 5.41) is 3.55. The smallest absolute Gasteiger partial charge is 0.0589 e. The summed E-state index contributed by atoms with van der Waals surface area (Å²) < 4.78 is 5.24. The molecule has 0 aliphatic heterocycles. The second-order valence-electron chi connectivity index (χ2n) is 7.12. The van der Waals surface area contributed by atoms with Gasteiger partial charge >= 0.3 is 0 Å². The molecule has 1 fully saturated rings. The Hall–Kier alpha value is -0.900. The Kier molecular flexibility index (Phi) is 5.80. The van der Waals surface area contributed by atoms with Crippen molar-refractivity contribution in [2.75, 3.05) is 20.3 Å². The van der Waals surface area contributed by atoms with Crippen molar-refractivity contribution in [3.05, 3.63) is 35.4 Å². The first-order chi connectivity index (χ1) is 9.98. The highest BCUT2D eigenvalue weighted by Gasteiger charge is 2.28. The summed E-state index contributed by atoms with van der Waals surface area (Å²) in [4.78, 5) is 2.56. The van der Waals surface area contributed by atoms with Crippen LogP contribution in [0.25, 0.3) is 0 Å². The number of hydrogen-bond acceptors (Lipinski definition) is 3. The maximum absolute atomic E-state index is 5.24. The minimum absolute atomic E-state index is 0.161. The maximum Gasteiger partial charge on any atom is 0.0589 e.